The molecule has 0 radical (unpaired) electrons. The molecule has 0 aliphatic heterocycles. The van der Waals surface area contributed by atoms with Crippen LogP contribution in [0.25, 0.3) is 0 Å². The lowest BCUT2D eigenvalue weighted by atomic mass is 9.96. The molecule has 1 unspecified atom stereocenters. The lowest BCUT2D eigenvalue weighted by Crippen LogP contribution is -2.39. The fourth-order valence-corrected chi connectivity index (χ4v) is 2.30. The van der Waals surface area contributed by atoms with E-state index in [-0.39, 0.29) is 42.3 Å². The zero-order valence-electron chi connectivity index (χ0n) is 16.8. The SMILES string of the molecule is CCCNC(=NCC(=O)N(C)C)NCCC(C)c1cccc(C(F)(F)F)c1.I. The highest BCUT2D eigenvalue weighted by molar-refractivity contribution is 14.0. The second-order valence-corrected chi connectivity index (χ2v) is 6.62. The van der Waals surface area contributed by atoms with Crippen molar-refractivity contribution in [2.24, 2.45) is 4.99 Å². The van der Waals surface area contributed by atoms with E-state index in [0.29, 0.717) is 31.0 Å². The van der Waals surface area contributed by atoms with Crippen molar-refractivity contribution in [1.82, 2.24) is 15.5 Å². The van der Waals surface area contributed by atoms with E-state index in [2.05, 4.69) is 15.6 Å². The van der Waals surface area contributed by atoms with E-state index in [4.69, 9.17) is 0 Å². The Bertz CT molecular complexity index is 636. The van der Waals surface area contributed by atoms with Gasteiger partial charge in [0.1, 0.15) is 6.54 Å². The summed E-state index contributed by atoms with van der Waals surface area (Å²) in [5.41, 5.74) is 0.0169. The number of guanidine groups is 1. The molecule has 0 heterocycles. The Morgan fingerprint density at radius 3 is 2.43 bits per heavy atom. The van der Waals surface area contributed by atoms with Gasteiger partial charge in [0.2, 0.25) is 5.91 Å². The summed E-state index contributed by atoms with van der Waals surface area (Å²) in [4.78, 5) is 17.4. The number of halogens is 4. The lowest BCUT2D eigenvalue weighted by molar-refractivity contribution is -0.137. The third kappa shape index (κ3) is 9.61. The van der Waals surface area contributed by atoms with Crippen molar-refractivity contribution in [2.45, 2.75) is 38.8 Å². The number of carbonyl (C=O) groups is 1. The van der Waals surface area contributed by atoms with E-state index in [1.807, 2.05) is 13.8 Å². The first-order valence-corrected chi connectivity index (χ1v) is 9.04. The molecule has 1 rings (SSSR count). The Morgan fingerprint density at radius 2 is 1.86 bits per heavy atom. The number of rotatable bonds is 8. The summed E-state index contributed by atoms with van der Waals surface area (Å²) in [7, 11) is 3.34. The third-order valence-electron chi connectivity index (χ3n) is 4.07. The number of likely N-dealkylation sites (N-methyl/N-ethyl adjacent to an activating group) is 1. The number of benzene rings is 1. The molecule has 0 aliphatic carbocycles. The molecule has 0 spiro atoms. The molecule has 0 bridgehead atoms. The standard InChI is InChI=1S/C19H29F3N4O.HI/c1-5-10-23-18(25-13-17(27)26(3)4)24-11-9-14(2)15-7-6-8-16(12-15)19(20,21)22;/h6-8,12,14H,5,9-11,13H2,1-4H3,(H2,23,24,25);1H. The average Bonchev–Trinajstić information content (AvgIpc) is 2.62. The summed E-state index contributed by atoms with van der Waals surface area (Å²) in [6.45, 7) is 5.19. The molecular weight excluding hydrogens is 484 g/mol. The van der Waals surface area contributed by atoms with Crippen LogP contribution in [0.2, 0.25) is 0 Å². The number of hydrogen-bond donors (Lipinski definition) is 2. The van der Waals surface area contributed by atoms with Gasteiger partial charge in [-0.3, -0.25) is 4.79 Å². The molecule has 1 aromatic carbocycles. The van der Waals surface area contributed by atoms with Crippen LogP contribution in [-0.4, -0.2) is 50.5 Å². The van der Waals surface area contributed by atoms with Crippen LogP contribution in [0.15, 0.2) is 29.3 Å². The van der Waals surface area contributed by atoms with Crippen molar-refractivity contribution in [3.05, 3.63) is 35.4 Å². The smallest absolute Gasteiger partial charge is 0.356 e. The normalized spacial score (nSPS) is 12.8. The van der Waals surface area contributed by atoms with Crippen LogP contribution in [0.1, 0.15) is 43.7 Å². The van der Waals surface area contributed by atoms with Gasteiger partial charge in [-0.15, -0.1) is 24.0 Å². The first-order valence-electron chi connectivity index (χ1n) is 9.04. The number of amides is 1. The molecule has 2 N–H and O–H groups in total. The van der Waals surface area contributed by atoms with Gasteiger partial charge >= 0.3 is 6.18 Å². The molecule has 160 valence electrons. The molecule has 1 atom stereocenters. The van der Waals surface area contributed by atoms with Crippen LogP contribution in [-0.2, 0) is 11.0 Å². The average molecular weight is 514 g/mol. The Kier molecular flexibility index (Phi) is 12.1. The van der Waals surface area contributed by atoms with E-state index >= 15 is 0 Å². The van der Waals surface area contributed by atoms with Gasteiger partial charge in [0, 0.05) is 27.2 Å². The fraction of sp³-hybridized carbons (Fsp3) is 0.579. The number of aliphatic imine (C=N–C) groups is 1. The summed E-state index contributed by atoms with van der Waals surface area (Å²) in [6.07, 6.45) is -2.80. The lowest BCUT2D eigenvalue weighted by Gasteiger charge is -2.17. The van der Waals surface area contributed by atoms with Crippen LogP contribution >= 0.6 is 24.0 Å². The van der Waals surface area contributed by atoms with Gasteiger partial charge in [-0.1, -0.05) is 32.0 Å². The maximum absolute atomic E-state index is 12.8. The topological polar surface area (TPSA) is 56.7 Å². The molecule has 0 aliphatic rings. The Labute approximate surface area is 182 Å². The van der Waals surface area contributed by atoms with Crippen molar-refractivity contribution < 1.29 is 18.0 Å². The second-order valence-electron chi connectivity index (χ2n) is 6.62. The minimum Gasteiger partial charge on any atom is -0.356 e. The zero-order chi connectivity index (χ0) is 20.4. The molecule has 5 nitrogen and oxygen atoms in total. The summed E-state index contributed by atoms with van der Waals surface area (Å²) in [5, 5.41) is 6.27. The summed E-state index contributed by atoms with van der Waals surface area (Å²) < 4.78 is 38.5. The molecule has 9 heteroatoms. The maximum atomic E-state index is 12.8. The van der Waals surface area contributed by atoms with Crippen molar-refractivity contribution in [3.8, 4) is 0 Å². The first-order chi connectivity index (χ1) is 12.6. The van der Waals surface area contributed by atoms with Gasteiger partial charge in [0.25, 0.3) is 0 Å². The zero-order valence-corrected chi connectivity index (χ0v) is 19.1. The van der Waals surface area contributed by atoms with Gasteiger partial charge in [-0.2, -0.15) is 13.2 Å². The highest BCUT2D eigenvalue weighted by atomic mass is 127. The summed E-state index contributed by atoms with van der Waals surface area (Å²) >= 11 is 0. The maximum Gasteiger partial charge on any atom is 0.416 e. The van der Waals surface area contributed by atoms with E-state index in [9.17, 15) is 18.0 Å². The quantitative estimate of drug-likeness (QED) is 0.315. The Hall–Kier alpha value is -1.52. The van der Waals surface area contributed by atoms with Crippen LogP contribution in [0, 0.1) is 0 Å². The largest absolute Gasteiger partial charge is 0.416 e. The number of carbonyl (C=O) groups excluding carboxylic acids is 1. The minimum atomic E-state index is -4.34. The monoisotopic (exact) mass is 514 g/mol. The molecule has 0 saturated heterocycles. The van der Waals surface area contributed by atoms with E-state index in [1.54, 1.807) is 20.2 Å². The number of nitrogens with one attached hydrogen (secondary N) is 2. The van der Waals surface area contributed by atoms with Crippen molar-refractivity contribution in [3.63, 3.8) is 0 Å². The van der Waals surface area contributed by atoms with Gasteiger partial charge < -0.3 is 15.5 Å². The highest BCUT2D eigenvalue weighted by Crippen LogP contribution is 2.31. The minimum absolute atomic E-state index is 0. The van der Waals surface area contributed by atoms with Crippen LogP contribution < -0.4 is 10.6 Å². The fourth-order valence-electron chi connectivity index (χ4n) is 2.30. The van der Waals surface area contributed by atoms with Crippen molar-refractivity contribution in [1.29, 1.82) is 0 Å². The van der Waals surface area contributed by atoms with Crippen LogP contribution in [0.5, 0.6) is 0 Å². The predicted molar refractivity (Wildman–Crippen MR) is 117 cm³/mol. The van der Waals surface area contributed by atoms with Crippen LogP contribution in [0.4, 0.5) is 13.2 Å². The first kappa shape index (κ1) is 26.5. The summed E-state index contributed by atoms with van der Waals surface area (Å²) in [6, 6.07) is 5.42. The summed E-state index contributed by atoms with van der Waals surface area (Å²) in [5.74, 6) is 0.379. The number of hydrogen-bond acceptors (Lipinski definition) is 2. The predicted octanol–water partition coefficient (Wildman–Crippen LogP) is 3.85. The molecule has 1 aromatic rings. The van der Waals surface area contributed by atoms with Crippen molar-refractivity contribution in [2.75, 3.05) is 33.7 Å². The van der Waals surface area contributed by atoms with Gasteiger partial charge in [-0.05, 0) is 30.4 Å². The number of alkyl halides is 3. The van der Waals surface area contributed by atoms with Gasteiger partial charge in [0.15, 0.2) is 5.96 Å². The molecule has 0 aromatic heterocycles. The highest BCUT2D eigenvalue weighted by Gasteiger charge is 2.30. The molecule has 28 heavy (non-hydrogen) atoms. The molecular formula is C19H30F3IN4O. The molecule has 0 fully saturated rings. The number of nitrogens with zero attached hydrogens (tertiary/aromatic N) is 2. The van der Waals surface area contributed by atoms with Crippen LogP contribution in [0.3, 0.4) is 0 Å². The molecule has 0 saturated carbocycles. The Balaban J connectivity index is 0.00000729. The van der Waals surface area contributed by atoms with E-state index < -0.39 is 11.7 Å². The second kappa shape index (κ2) is 12.8. The van der Waals surface area contributed by atoms with E-state index in [1.165, 1.54) is 17.0 Å². The van der Waals surface area contributed by atoms with E-state index in [0.717, 1.165) is 12.5 Å². The van der Waals surface area contributed by atoms with Gasteiger partial charge in [0.05, 0.1) is 5.56 Å². The third-order valence-corrected chi connectivity index (χ3v) is 4.07. The Morgan fingerprint density at radius 1 is 1.21 bits per heavy atom. The molecule has 1 amide bonds. The van der Waals surface area contributed by atoms with Gasteiger partial charge in [-0.25, -0.2) is 4.99 Å². The van der Waals surface area contributed by atoms with Crippen molar-refractivity contribution >= 4 is 35.8 Å².